The lowest BCUT2D eigenvalue weighted by Gasteiger charge is -2.11. The van der Waals surface area contributed by atoms with E-state index in [2.05, 4.69) is 21.2 Å². The van der Waals surface area contributed by atoms with Crippen molar-refractivity contribution in [2.45, 2.75) is 6.04 Å². The van der Waals surface area contributed by atoms with Gasteiger partial charge in [0.05, 0.1) is 11.8 Å². The molecule has 0 aromatic heterocycles. The van der Waals surface area contributed by atoms with Crippen LogP contribution in [0.2, 0.25) is 0 Å². The molecule has 1 aromatic carbocycles. The van der Waals surface area contributed by atoms with Crippen molar-refractivity contribution in [2.24, 2.45) is 0 Å². The molecule has 0 amide bonds. The highest BCUT2D eigenvalue weighted by molar-refractivity contribution is 9.10. The zero-order valence-electron chi connectivity index (χ0n) is 7.85. The average molecular weight is 288 g/mol. The van der Waals surface area contributed by atoms with Crippen molar-refractivity contribution in [3.05, 3.63) is 40.2 Å². The molecule has 1 atom stereocenters. The first kappa shape index (κ1) is 10.7. The maximum absolute atomic E-state index is 11.2. The second-order valence-electron chi connectivity index (χ2n) is 3.42. The molecule has 0 saturated heterocycles. The highest BCUT2D eigenvalue weighted by atomic mass is 79.9. The Morgan fingerprint density at radius 2 is 2.20 bits per heavy atom. The van der Waals surface area contributed by atoms with Gasteiger partial charge in [0.15, 0.2) is 9.84 Å². The second kappa shape index (κ2) is 3.98. The number of benzene rings is 1. The molecule has 1 unspecified atom stereocenters. The van der Waals surface area contributed by atoms with Gasteiger partial charge in [-0.25, -0.2) is 8.42 Å². The van der Waals surface area contributed by atoms with Crippen molar-refractivity contribution in [1.82, 2.24) is 0 Å². The minimum atomic E-state index is -2.98. The SMILES string of the molecule is O=S1(=O)C=CC(Nc2cccc(Br)c2)C1. The van der Waals surface area contributed by atoms with E-state index in [0.717, 1.165) is 10.2 Å². The van der Waals surface area contributed by atoms with E-state index >= 15 is 0 Å². The first-order valence-corrected chi connectivity index (χ1v) is 6.99. The Kier molecular flexibility index (Phi) is 2.84. The van der Waals surface area contributed by atoms with Gasteiger partial charge in [0, 0.05) is 15.6 Å². The minimum absolute atomic E-state index is 0.121. The van der Waals surface area contributed by atoms with Gasteiger partial charge in [-0.3, -0.25) is 0 Å². The summed E-state index contributed by atoms with van der Waals surface area (Å²) in [5.41, 5.74) is 0.913. The van der Waals surface area contributed by atoms with Crippen molar-refractivity contribution < 1.29 is 8.42 Å². The molecular formula is C10H10BrNO2S. The van der Waals surface area contributed by atoms with Crippen LogP contribution in [0.5, 0.6) is 0 Å². The fourth-order valence-electron chi connectivity index (χ4n) is 1.46. The molecule has 1 aliphatic heterocycles. The van der Waals surface area contributed by atoms with Crippen LogP contribution >= 0.6 is 15.9 Å². The Morgan fingerprint density at radius 3 is 2.80 bits per heavy atom. The zero-order valence-corrected chi connectivity index (χ0v) is 10.3. The third kappa shape index (κ3) is 2.82. The van der Waals surface area contributed by atoms with Crippen LogP contribution in [0.4, 0.5) is 5.69 Å². The summed E-state index contributed by atoms with van der Waals surface area (Å²) >= 11 is 3.36. The molecule has 1 heterocycles. The summed E-state index contributed by atoms with van der Waals surface area (Å²) < 4.78 is 23.3. The Labute approximate surface area is 97.2 Å². The molecule has 0 aliphatic carbocycles. The van der Waals surface area contributed by atoms with Crippen LogP contribution in [0.25, 0.3) is 0 Å². The highest BCUT2D eigenvalue weighted by Crippen LogP contribution is 2.19. The highest BCUT2D eigenvalue weighted by Gasteiger charge is 2.21. The fourth-order valence-corrected chi connectivity index (χ4v) is 3.09. The molecule has 1 N–H and O–H groups in total. The second-order valence-corrected chi connectivity index (χ2v) is 6.27. The molecule has 0 bridgehead atoms. The number of hydrogen-bond donors (Lipinski definition) is 1. The van der Waals surface area contributed by atoms with Gasteiger partial charge < -0.3 is 5.32 Å². The Hall–Kier alpha value is -0.810. The summed E-state index contributed by atoms with van der Waals surface area (Å²) in [5, 5.41) is 4.41. The van der Waals surface area contributed by atoms with Crippen LogP contribution in [0.15, 0.2) is 40.2 Å². The zero-order chi connectivity index (χ0) is 10.9. The van der Waals surface area contributed by atoms with E-state index in [9.17, 15) is 8.42 Å². The van der Waals surface area contributed by atoms with Gasteiger partial charge in [-0.2, -0.15) is 0 Å². The summed E-state index contributed by atoms with van der Waals surface area (Å²) in [4.78, 5) is 0. The predicted molar refractivity (Wildman–Crippen MR) is 64.5 cm³/mol. The lowest BCUT2D eigenvalue weighted by Crippen LogP contribution is -2.20. The number of sulfone groups is 1. The van der Waals surface area contributed by atoms with Crippen molar-refractivity contribution in [3.63, 3.8) is 0 Å². The lowest BCUT2D eigenvalue weighted by molar-refractivity contribution is 0.605. The van der Waals surface area contributed by atoms with Crippen molar-refractivity contribution in [3.8, 4) is 0 Å². The van der Waals surface area contributed by atoms with Gasteiger partial charge >= 0.3 is 0 Å². The van der Waals surface area contributed by atoms with Crippen LogP contribution in [0.1, 0.15) is 0 Å². The molecular weight excluding hydrogens is 278 g/mol. The number of hydrogen-bond acceptors (Lipinski definition) is 3. The molecule has 2 rings (SSSR count). The molecule has 15 heavy (non-hydrogen) atoms. The average Bonchev–Trinajstić information content (AvgIpc) is 2.45. The monoisotopic (exact) mass is 287 g/mol. The number of nitrogens with one attached hydrogen (secondary N) is 1. The third-order valence-corrected chi connectivity index (χ3v) is 4.00. The van der Waals surface area contributed by atoms with Crippen LogP contribution < -0.4 is 5.32 Å². The molecule has 3 nitrogen and oxygen atoms in total. The molecule has 0 radical (unpaired) electrons. The quantitative estimate of drug-likeness (QED) is 0.907. The molecule has 5 heteroatoms. The Bertz CT molecular complexity index is 496. The van der Waals surface area contributed by atoms with Gasteiger partial charge in [0.2, 0.25) is 0 Å². The van der Waals surface area contributed by atoms with Crippen molar-refractivity contribution >= 4 is 31.5 Å². The molecule has 0 saturated carbocycles. The van der Waals surface area contributed by atoms with Gasteiger partial charge in [0.25, 0.3) is 0 Å². The lowest BCUT2D eigenvalue weighted by atomic mass is 10.2. The summed E-state index contributed by atoms with van der Waals surface area (Å²) in [6.45, 7) is 0. The Morgan fingerprint density at radius 1 is 1.40 bits per heavy atom. The van der Waals surface area contributed by atoms with E-state index in [0.29, 0.717) is 0 Å². The van der Waals surface area contributed by atoms with Gasteiger partial charge in [-0.15, -0.1) is 0 Å². The molecule has 0 fully saturated rings. The molecule has 1 aromatic rings. The van der Waals surface area contributed by atoms with E-state index in [1.165, 1.54) is 5.41 Å². The van der Waals surface area contributed by atoms with Gasteiger partial charge in [-0.05, 0) is 18.2 Å². The smallest absolute Gasteiger partial charge is 0.173 e. The molecule has 0 spiro atoms. The topological polar surface area (TPSA) is 46.2 Å². The minimum Gasteiger partial charge on any atom is -0.378 e. The molecule has 1 aliphatic rings. The largest absolute Gasteiger partial charge is 0.378 e. The van der Waals surface area contributed by atoms with Crippen molar-refractivity contribution in [1.29, 1.82) is 0 Å². The number of anilines is 1. The number of halogens is 1. The standard InChI is InChI=1S/C10H10BrNO2S/c11-8-2-1-3-9(6-8)12-10-4-5-15(13,14)7-10/h1-6,10,12H,7H2. The Balaban J connectivity index is 2.09. The number of rotatable bonds is 2. The van der Waals surface area contributed by atoms with E-state index in [1.54, 1.807) is 6.08 Å². The van der Waals surface area contributed by atoms with E-state index < -0.39 is 9.84 Å². The summed E-state index contributed by atoms with van der Waals surface area (Å²) in [7, 11) is -2.98. The summed E-state index contributed by atoms with van der Waals surface area (Å²) in [6, 6.07) is 7.53. The van der Waals surface area contributed by atoms with Gasteiger partial charge in [0.1, 0.15) is 0 Å². The summed E-state index contributed by atoms with van der Waals surface area (Å²) in [5.74, 6) is 0.138. The maximum Gasteiger partial charge on any atom is 0.173 e. The van der Waals surface area contributed by atoms with Crippen LogP contribution in [-0.4, -0.2) is 20.2 Å². The maximum atomic E-state index is 11.2. The summed E-state index contributed by atoms with van der Waals surface area (Å²) in [6.07, 6.45) is 1.68. The first-order chi connectivity index (χ1) is 7.05. The van der Waals surface area contributed by atoms with Crippen LogP contribution in [-0.2, 0) is 9.84 Å². The van der Waals surface area contributed by atoms with E-state index in [4.69, 9.17) is 0 Å². The normalized spacial score (nSPS) is 22.9. The van der Waals surface area contributed by atoms with Crippen LogP contribution in [0, 0.1) is 0 Å². The molecule has 80 valence electrons. The van der Waals surface area contributed by atoms with E-state index in [1.807, 2.05) is 24.3 Å². The first-order valence-electron chi connectivity index (χ1n) is 4.48. The predicted octanol–water partition coefficient (Wildman–Crippen LogP) is 2.17. The van der Waals surface area contributed by atoms with Gasteiger partial charge in [-0.1, -0.05) is 28.1 Å². The van der Waals surface area contributed by atoms with Crippen LogP contribution in [0.3, 0.4) is 0 Å². The van der Waals surface area contributed by atoms with Crippen molar-refractivity contribution in [2.75, 3.05) is 11.1 Å². The van der Waals surface area contributed by atoms with E-state index in [-0.39, 0.29) is 11.8 Å². The third-order valence-electron chi connectivity index (χ3n) is 2.11. The fraction of sp³-hybridized carbons (Fsp3) is 0.200.